The predicted molar refractivity (Wildman–Crippen MR) is 91.8 cm³/mol. The second kappa shape index (κ2) is 6.76. The number of fused-ring (bicyclic) bond motifs is 1. The number of hydrogen-bond donors (Lipinski definition) is 0. The van der Waals surface area contributed by atoms with E-state index in [0.29, 0.717) is 11.3 Å². The molecule has 24 heavy (non-hydrogen) atoms. The average molecular weight is 314 g/mol. The van der Waals surface area contributed by atoms with Gasteiger partial charge in [0.2, 0.25) is 0 Å². The van der Waals surface area contributed by atoms with Crippen LogP contribution in [0.4, 0.5) is 0 Å². The summed E-state index contributed by atoms with van der Waals surface area (Å²) in [6, 6.07) is 22.6. The molecule has 0 bridgehead atoms. The summed E-state index contributed by atoms with van der Waals surface area (Å²) in [5.74, 6) is -0.675. The zero-order valence-corrected chi connectivity index (χ0v) is 13.1. The molecule has 4 nitrogen and oxygen atoms in total. The molecular formula is C20H14N2O2. The highest BCUT2D eigenvalue weighted by Gasteiger charge is 2.20. The minimum atomic E-state index is -0.675. The van der Waals surface area contributed by atoms with E-state index in [4.69, 9.17) is 4.74 Å². The first-order valence-corrected chi connectivity index (χ1v) is 7.39. The van der Waals surface area contributed by atoms with Gasteiger partial charge in [-0.3, -0.25) is 0 Å². The SMILES string of the molecule is COC(=O)/C(C#N)=C(\c1ccccc1)c1ccc2ccccc2n1. The van der Waals surface area contributed by atoms with Crippen LogP contribution in [0.3, 0.4) is 0 Å². The molecule has 2 aromatic carbocycles. The maximum atomic E-state index is 12.1. The minimum Gasteiger partial charge on any atom is -0.465 e. The second-order valence-corrected chi connectivity index (χ2v) is 5.11. The number of hydrogen-bond acceptors (Lipinski definition) is 4. The molecule has 3 rings (SSSR count). The summed E-state index contributed by atoms with van der Waals surface area (Å²) in [6.45, 7) is 0. The standard InChI is InChI=1S/C20H14N2O2/c1-24-20(23)16(13-21)19(15-8-3-2-4-9-15)18-12-11-14-7-5-6-10-17(14)22-18/h2-12H,1H3/b19-16+. The van der Waals surface area contributed by atoms with Gasteiger partial charge in [0.1, 0.15) is 11.6 Å². The van der Waals surface area contributed by atoms with Crippen molar-refractivity contribution in [1.29, 1.82) is 5.26 Å². The molecule has 0 aliphatic carbocycles. The van der Waals surface area contributed by atoms with E-state index in [1.54, 1.807) is 0 Å². The number of rotatable bonds is 3. The van der Waals surface area contributed by atoms with Gasteiger partial charge in [0.05, 0.1) is 18.3 Å². The lowest BCUT2D eigenvalue weighted by molar-refractivity contribution is -0.135. The molecule has 3 aromatic rings. The van der Waals surface area contributed by atoms with Gasteiger partial charge in [-0.15, -0.1) is 0 Å². The van der Waals surface area contributed by atoms with Crippen LogP contribution in [0.1, 0.15) is 11.3 Å². The van der Waals surface area contributed by atoms with E-state index in [-0.39, 0.29) is 5.57 Å². The number of aromatic nitrogens is 1. The van der Waals surface area contributed by atoms with E-state index in [2.05, 4.69) is 4.98 Å². The van der Waals surface area contributed by atoms with Gasteiger partial charge in [-0.25, -0.2) is 9.78 Å². The van der Waals surface area contributed by atoms with Crippen LogP contribution in [0, 0.1) is 11.3 Å². The predicted octanol–water partition coefficient (Wildman–Crippen LogP) is 3.73. The van der Waals surface area contributed by atoms with Crippen LogP contribution >= 0.6 is 0 Å². The smallest absolute Gasteiger partial charge is 0.349 e. The number of carbonyl (C=O) groups excluding carboxylic acids is 1. The van der Waals surface area contributed by atoms with Crippen molar-refractivity contribution in [3.63, 3.8) is 0 Å². The Morgan fingerprint density at radius 2 is 1.71 bits per heavy atom. The third-order valence-corrected chi connectivity index (χ3v) is 3.67. The molecule has 1 heterocycles. The normalized spacial score (nSPS) is 11.5. The lowest BCUT2D eigenvalue weighted by Gasteiger charge is -2.11. The first-order chi connectivity index (χ1) is 11.7. The van der Waals surface area contributed by atoms with Crippen LogP contribution in [-0.4, -0.2) is 18.1 Å². The lowest BCUT2D eigenvalue weighted by atomic mass is 9.96. The van der Waals surface area contributed by atoms with Crippen molar-refractivity contribution in [3.8, 4) is 6.07 Å². The number of esters is 1. The maximum absolute atomic E-state index is 12.1. The Bertz CT molecular complexity index is 970. The Hall–Kier alpha value is -3.45. The molecule has 0 aliphatic rings. The van der Waals surface area contributed by atoms with Gasteiger partial charge in [-0.05, 0) is 17.7 Å². The van der Waals surface area contributed by atoms with E-state index in [1.807, 2.05) is 72.8 Å². The van der Waals surface area contributed by atoms with Crippen LogP contribution < -0.4 is 0 Å². The molecule has 0 amide bonds. The summed E-state index contributed by atoms with van der Waals surface area (Å²) in [5.41, 5.74) is 2.50. The summed E-state index contributed by atoms with van der Waals surface area (Å²) in [7, 11) is 1.26. The highest BCUT2D eigenvalue weighted by atomic mass is 16.5. The van der Waals surface area contributed by atoms with Crippen molar-refractivity contribution < 1.29 is 9.53 Å². The highest BCUT2D eigenvalue weighted by Crippen LogP contribution is 2.27. The largest absolute Gasteiger partial charge is 0.465 e. The molecule has 0 N–H and O–H groups in total. The number of ether oxygens (including phenoxy) is 1. The van der Waals surface area contributed by atoms with Crippen LogP contribution in [0.25, 0.3) is 16.5 Å². The second-order valence-electron chi connectivity index (χ2n) is 5.11. The quantitative estimate of drug-likeness (QED) is 0.420. The molecule has 0 radical (unpaired) electrons. The fourth-order valence-electron chi connectivity index (χ4n) is 2.54. The molecule has 4 heteroatoms. The summed E-state index contributed by atoms with van der Waals surface area (Å²) >= 11 is 0. The van der Waals surface area contributed by atoms with Crippen molar-refractivity contribution in [3.05, 3.63) is 83.6 Å². The number of nitriles is 1. The number of benzene rings is 2. The van der Waals surface area contributed by atoms with E-state index in [9.17, 15) is 10.1 Å². The summed E-state index contributed by atoms with van der Waals surface area (Å²) in [6.07, 6.45) is 0. The number of nitrogens with zero attached hydrogens (tertiary/aromatic N) is 2. The van der Waals surface area contributed by atoms with Crippen molar-refractivity contribution in [2.45, 2.75) is 0 Å². The van der Waals surface area contributed by atoms with Gasteiger partial charge < -0.3 is 4.74 Å². The Balaban J connectivity index is 2.30. The van der Waals surface area contributed by atoms with Gasteiger partial charge >= 0.3 is 5.97 Å². The maximum Gasteiger partial charge on any atom is 0.349 e. The van der Waals surface area contributed by atoms with E-state index >= 15 is 0 Å². The van der Waals surface area contributed by atoms with Crippen LogP contribution in [0.2, 0.25) is 0 Å². The molecule has 0 aliphatic heterocycles. The van der Waals surface area contributed by atoms with Gasteiger partial charge in [-0.1, -0.05) is 54.6 Å². The van der Waals surface area contributed by atoms with Gasteiger partial charge in [-0.2, -0.15) is 5.26 Å². The molecule has 0 saturated carbocycles. The van der Waals surface area contributed by atoms with Crippen LogP contribution in [-0.2, 0) is 9.53 Å². The van der Waals surface area contributed by atoms with Crippen molar-refractivity contribution >= 4 is 22.4 Å². The fraction of sp³-hybridized carbons (Fsp3) is 0.0500. The first kappa shape index (κ1) is 15.4. The van der Waals surface area contributed by atoms with E-state index < -0.39 is 5.97 Å². The zero-order valence-electron chi connectivity index (χ0n) is 13.1. The van der Waals surface area contributed by atoms with Gasteiger partial charge in [0, 0.05) is 11.0 Å². The van der Waals surface area contributed by atoms with Crippen molar-refractivity contribution in [2.24, 2.45) is 0 Å². The monoisotopic (exact) mass is 314 g/mol. The Morgan fingerprint density at radius 3 is 2.42 bits per heavy atom. The molecule has 0 unspecified atom stereocenters. The number of methoxy groups -OCH3 is 1. The minimum absolute atomic E-state index is 0.0634. The Labute approximate surface area is 139 Å². The summed E-state index contributed by atoms with van der Waals surface area (Å²) in [5, 5.41) is 10.5. The molecule has 0 saturated heterocycles. The molecule has 116 valence electrons. The zero-order chi connectivity index (χ0) is 16.9. The highest BCUT2D eigenvalue weighted by molar-refractivity contribution is 6.05. The van der Waals surface area contributed by atoms with Gasteiger partial charge in [0.15, 0.2) is 0 Å². The summed E-state index contributed by atoms with van der Waals surface area (Å²) < 4.78 is 4.77. The van der Waals surface area contributed by atoms with E-state index in [0.717, 1.165) is 16.5 Å². The molecule has 0 fully saturated rings. The van der Waals surface area contributed by atoms with Crippen molar-refractivity contribution in [2.75, 3.05) is 7.11 Å². The van der Waals surface area contributed by atoms with Crippen LogP contribution in [0.5, 0.6) is 0 Å². The lowest BCUT2D eigenvalue weighted by Crippen LogP contribution is -2.08. The van der Waals surface area contributed by atoms with Crippen molar-refractivity contribution in [1.82, 2.24) is 4.98 Å². The molecule has 0 atom stereocenters. The molecular weight excluding hydrogens is 300 g/mol. The number of pyridine rings is 1. The Kier molecular flexibility index (Phi) is 4.35. The molecule has 1 aromatic heterocycles. The topological polar surface area (TPSA) is 63.0 Å². The number of carbonyl (C=O) groups is 1. The van der Waals surface area contributed by atoms with E-state index in [1.165, 1.54) is 7.11 Å². The average Bonchev–Trinajstić information content (AvgIpc) is 2.65. The van der Waals surface area contributed by atoms with Gasteiger partial charge in [0.25, 0.3) is 0 Å². The molecule has 0 spiro atoms. The number of para-hydroxylation sites is 1. The third-order valence-electron chi connectivity index (χ3n) is 3.67. The first-order valence-electron chi connectivity index (χ1n) is 7.39. The summed E-state index contributed by atoms with van der Waals surface area (Å²) in [4.78, 5) is 16.7. The Morgan fingerprint density at radius 1 is 1.00 bits per heavy atom. The third kappa shape index (κ3) is 2.88. The fourth-order valence-corrected chi connectivity index (χ4v) is 2.54. The van der Waals surface area contributed by atoms with Crippen LogP contribution in [0.15, 0.2) is 72.3 Å².